The van der Waals surface area contributed by atoms with Crippen molar-refractivity contribution in [2.45, 2.75) is 18.5 Å². The van der Waals surface area contributed by atoms with Crippen LogP contribution in [-0.2, 0) is 22.6 Å². The number of halogens is 1. The van der Waals surface area contributed by atoms with E-state index in [0.29, 0.717) is 5.56 Å². The van der Waals surface area contributed by atoms with Crippen molar-refractivity contribution in [3.8, 4) is 0 Å². The maximum atomic E-state index is 13.0. The first kappa shape index (κ1) is 20.9. The van der Waals surface area contributed by atoms with E-state index in [2.05, 4.69) is 16.0 Å². The van der Waals surface area contributed by atoms with Gasteiger partial charge in [-0.25, -0.2) is 4.39 Å². The molecule has 0 bridgehead atoms. The second-order valence-electron chi connectivity index (χ2n) is 6.90. The Kier molecular flexibility index (Phi) is 6.06. The maximum Gasteiger partial charge on any atom is 0.255 e. The number of hydrogen-bond acceptors (Lipinski definition) is 5. The molecule has 8 heteroatoms. The molecule has 0 aromatic heterocycles. The van der Waals surface area contributed by atoms with E-state index in [4.69, 9.17) is 0 Å². The van der Waals surface area contributed by atoms with Crippen LogP contribution in [0.25, 0.3) is 0 Å². The molecule has 0 radical (unpaired) electrons. The number of carbonyl (C=O) groups is 2. The Hall–Kier alpha value is -3.81. The molecule has 0 aliphatic carbocycles. The van der Waals surface area contributed by atoms with Gasteiger partial charge in [-0.2, -0.15) is 0 Å². The minimum Gasteiger partial charge on any atom is -0.503 e. The van der Waals surface area contributed by atoms with Crippen LogP contribution in [0.5, 0.6) is 0 Å². The van der Waals surface area contributed by atoms with Crippen molar-refractivity contribution in [2.75, 3.05) is 7.05 Å². The second-order valence-corrected chi connectivity index (χ2v) is 6.90. The predicted octanol–water partition coefficient (Wildman–Crippen LogP) is 1.98. The summed E-state index contributed by atoms with van der Waals surface area (Å²) in [6.45, 7) is 0.0730. The van der Waals surface area contributed by atoms with E-state index in [-0.39, 0.29) is 18.5 Å². The van der Waals surface area contributed by atoms with Crippen LogP contribution >= 0.6 is 0 Å². The molecule has 2 amide bonds. The third kappa shape index (κ3) is 4.43. The molecule has 1 aliphatic rings. The van der Waals surface area contributed by atoms with Crippen LogP contribution in [0.3, 0.4) is 0 Å². The van der Waals surface area contributed by atoms with Crippen molar-refractivity contribution < 1.29 is 24.2 Å². The quantitative estimate of drug-likeness (QED) is 0.499. The van der Waals surface area contributed by atoms with Crippen LogP contribution in [0.15, 0.2) is 77.9 Å². The molecule has 30 heavy (non-hydrogen) atoms. The molecule has 2 aromatic carbocycles. The fourth-order valence-corrected chi connectivity index (χ4v) is 3.24. The molecular formula is C22H22FN3O4. The summed E-state index contributed by atoms with van der Waals surface area (Å²) >= 11 is 0. The van der Waals surface area contributed by atoms with E-state index >= 15 is 0 Å². The zero-order valence-electron chi connectivity index (χ0n) is 16.3. The second kappa shape index (κ2) is 8.69. The summed E-state index contributed by atoms with van der Waals surface area (Å²) in [6, 6.07) is 14.6. The minimum absolute atomic E-state index is 0.0730. The molecule has 0 fully saturated rings. The van der Waals surface area contributed by atoms with E-state index in [0.717, 1.165) is 5.56 Å². The smallest absolute Gasteiger partial charge is 0.255 e. The summed E-state index contributed by atoms with van der Waals surface area (Å²) in [5, 5.41) is 28.2. The summed E-state index contributed by atoms with van der Waals surface area (Å²) in [7, 11) is 1.44. The summed E-state index contributed by atoms with van der Waals surface area (Å²) in [6.07, 6.45) is 1.42. The number of likely N-dealkylation sites (N-methyl/N-ethyl adjacent to an activating group) is 1. The lowest BCUT2D eigenvalue weighted by Gasteiger charge is -2.34. The lowest BCUT2D eigenvalue weighted by atomic mass is 9.85. The molecule has 5 N–H and O–H groups in total. The SMILES string of the molecule is CNC(=O)C1(Cc2ccccc2)C=C(C(=O)NCc2ccc(F)cc2)C(O)=C(O)N1. The summed E-state index contributed by atoms with van der Waals surface area (Å²) < 4.78 is 13.0. The topological polar surface area (TPSA) is 111 Å². The summed E-state index contributed by atoms with van der Waals surface area (Å²) in [4.78, 5) is 25.5. The van der Waals surface area contributed by atoms with Gasteiger partial charge in [-0.3, -0.25) is 9.59 Å². The Balaban J connectivity index is 1.90. The highest BCUT2D eigenvalue weighted by Crippen LogP contribution is 2.27. The van der Waals surface area contributed by atoms with E-state index in [1.54, 1.807) is 0 Å². The van der Waals surface area contributed by atoms with Gasteiger partial charge in [0, 0.05) is 20.0 Å². The zero-order valence-corrected chi connectivity index (χ0v) is 16.3. The van der Waals surface area contributed by atoms with Gasteiger partial charge < -0.3 is 26.2 Å². The van der Waals surface area contributed by atoms with Crippen LogP contribution in [0.1, 0.15) is 11.1 Å². The number of rotatable bonds is 6. The predicted molar refractivity (Wildman–Crippen MR) is 109 cm³/mol. The highest BCUT2D eigenvalue weighted by Gasteiger charge is 2.42. The Morgan fingerprint density at radius 1 is 1.03 bits per heavy atom. The van der Waals surface area contributed by atoms with Crippen molar-refractivity contribution in [3.05, 3.63) is 94.8 Å². The summed E-state index contributed by atoms with van der Waals surface area (Å²) in [5.74, 6) is -2.92. The molecule has 0 saturated carbocycles. The monoisotopic (exact) mass is 411 g/mol. The first-order valence-electron chi connectivity index (χ1n) is 9.27. The number of benzene rings is 2. The summed E-state index contributed by atoms with van der Waals surface area (Å²) in [5.41, 5.74) is -0.304. The van der Waals surface area contributed by atoms with Gasteiger partial charge in [0.2, 0.25) is 11.8 Å². The lowest BCUT2D eigenvalue weighted by Crippen LogP contribution is -2.58. The fourth-order valence-electron chi connectivity index (χ4n) is 3.24. The Morgan fingerprint density at radius 2 is 1.70 bits per heavy atom. The van der Waals surface area contributed by atoms with Crippen LogP contribution in [0.2, 0.25) is 0 Å². The average Bonchev–Trinajstić information content (AvgIpc) is 2.75. The third-order valence-electron chi connectivity index (χ3n) is 4.78. The normalized spacial score (nSPS) is 18.3. The van der Waals surface area contributed by atoms with Crippen molar-refractivity contribution in [1.82, 2.24) is 16.0 Å². The van der Waals surface area contributed by atoms with Gasteiger partial charge in [-0.15, -0.1) is 0 Å². The first-order chi connectivity index (χ1) is 14.3. The molecular weight excluding hydrogens is 389 g/mol. The van der Waals surface area contributed by atoms with Crippen LogP contribution in [0, 0.1) is 5.82 Å². The fraction of sp³-hybridized carbons (Fsp3) is 0.182. The van der Waals surface area contributed by atoms with Gasteiger partial charge in [0.25, 0.3) is 5.91 Å². The van der Waals surface area contributed by atoms with Crippen molar-refractivity contribution >= 4 is 11.8 Å². The molecule has 7 nitrogen and oxygen atoms in total. The van der Waals surface area contributed by atoms with E-state index < -0.39 is 34.8 Å². The molecule has 1 unspecified atom stereocenters. The van der Waals surface area contributed by atoms with E-state index in [9.17, 15) is 24.2 Å². The highest BCUT2D eigenvalue weighted by molar-refractivity contribution is 6.00. The molecule has 1 atom stereocenters. The molecule has 0 spiro atoms. The zero-order chi connectivity index (χ0) is 21.7. The molecule has 0 saturated heterocycles. The maximum absolute atomic E-state index is 13.0. The number of amides is 2. The van der Waals surface area contributed by atoms with Gasteiger partial charge in [0.1, 0.15) is 11.4 Å². The van der Waals surface area contributed by atoms with Crippen molar-refractivity contribution in [3.63, 3.8) is 0 Å². The molecule has 1 aliphatic heterocycles. The number of dihydropyridines is 1. The number of carbonyl (C=O) groups excluding carboxylic acids is 2. The van der Waals surface area contributed by atoms with Gasteiger partial charge >= 0.3 is 0 Å². The van der Waals surface area contributed by atoms with Gasteiger partial charge in [0.05, 0.1) is 5.57 Å². The standard InChI is InChI=1S/C22H22FN3O4/c1-24-21(30)22(11-14-5-3-2-4-6-14)12-17(18(27)20(29)26-22)19(28)25-13-15-7-9-16(23)10-8-15/h2-10,12,26-27,29H,11,13H2,1H3,(H,24,30)(H,25,28). The largest absolute Gasteiger partial charge is 0.503 e. The Bertz CT molecular complexity index is 1000. The molecule has 1 heterocycles. The number of hydrogen-bond donors (Lipinski definition) is 5. The van der Waals surface area contributed by atoms with Crippen molar-refractivity contribution in [2.24, 2.45) is 0 Å². The van der Waals surface area contributed by atoms with E-state index in [1.165, 1.54) is 37.4 Å². The van der Waals surface area contributed by atoms with Gasteiger partial charge in [-0.05, 0) is 29.3 Å². The van der Waals surface area contributed by atoms with Gasteiger partial charge in [0.15, 0.2) is 5.76 Å². The third-order valence-corrected chi connectivity index (χ3v) is 4.78. The Morgan fingerprint density at radius 3 is 2.33 bits per heavy atom. The van der Waals surface area contributed by atoms with Crippen molar-refractivity contribution in [1.29, 1.82) is 0 Å². The average molecular weight is 411 g/mol. The van der Waals surface area contributed by atoms with Crippen LogP contribution < -0.4 is 16.0 Å². The number of aliphatic hydroxyl groups is 2. The van der Waals surface area contributed by atoms with E-state index in [1.807, 2.05) is 30.3 Å². The molecule has 3 rings (SSSR count). The molecule has 156 valence electrons. The number of nitrogens with one attached hydrogen (secondary N) is 3. The lowest BCUT2D eigenvalue weighted by molar-refractivity contribution is -0.125. The highest BCUT2D eigenvalue weighted by atomic mass is 19.1. The molecule has 2 aromatic rings. The first-order valence-corrected chi connectivity index (χ1v) is 9.27. The minimum atomic E-state index is -1.49. The van der Waals surface area contributed by atoms with Crippen LogP contribution in [-0.4, -0.2) is 34.6 Å². The Labute approximate surface area is 172 Å². The van der Waals surface area contributed by atoms with Crippen LogP contribution in [0.4, 0.5) is 4.39 Å². The van der Waals surface area contributed by atoms with Gasteiger partial charge in [-0.1, -0.05) is 42.5 Å². The number of aliphatic hydroxyl groups excluding tert-OH is 2.